The van der Waals surface area contributed by atoms with E-state index in [0.717, 1.165) is 34.8 Å². The summed E-state index contributed by atoms with van der Waals surface area (Å²) in [6.45, 7) is 1.88. The second kappa shape index (κ2) is 10.3. The van der Waals surface area contributed by atoms with Gasteiger partial charge in [0.05, 0.1) is 26.4 Å². The van der Waals surface area contributed by atoms with Gasteiger partial charge in [-0.3, -0.25) is 9.59 Å². The monoisotopic (exact) mass is 374 g/mol. The van der Waals surface area contributed by atoms with E-state index in [0.29, 0.717) is 37.6 Å². The molecule has 3 aromatic rings. The van der Waals surface area contributed by atoms with Crippen molar-refractivity contribution in [1.82, 2.24) is 0 Å². The molecule has 3 rings (SSSR count). The zero-order valence-electron chi connectivity index (χ0n) is 15.5. The third kappa shape index (κ3) is 5.98. The van der Waals surface area contributed by atoms with Gasteiger partial charge in [0, 0.05) is 11.1 Å². The number of ether oxygens (including phenoxy) is 2. The fourth-order valence-electron chi connectivity index (χ4n) is 2.90. The van der Waals surface area contributed by atoms with Gasteiger partial charge in [-0.1, -0.05) is 60.7 Å². The lowest BCUT2D eigenvalue weighted by Crippen LogP contribution is -1.98. The lowest BCUT2D eigenvalue weighted by molar-refractivity contribution is 0.103. The van der Waals surface area contributed by atoms with Crippen molar-refractivity contribution in [3.05, 3.63) is 106 Å². The van der Waals surface area contributed by atoms with E-state index in [1.165, 1.54) is 0 Å². The molecule has 0 N–H and O–H groups in total. The van der Waals surface area contributed by atoms with Gasteiger partial charge in [0.15, 0.2) is 0 Å². The minimum Gasteiger partial charge on any atom is -0.372 e. The van der Waals surface area contributed by atoms with Crippen LogP contribution in [0.1, 0.15) is 43.0 Å². The average Bonchev–Trinajstić information content (AvgIpc) is 2.74. The van der Waals surface area contributed by atoms with Gasteiger partial charge in [0.1, 0.15) is 12.6 Å². The molecule has 0 aliphatic carbocycles. The SMILES string of the molecule is O=Cc1cccc(COCc2cccc(COCc3cccc(C=O)c3)c2)c1. The number of aldehydes is 2. The van der Waals surface area contributed by atoms with Gasteiger partial charge in [-0.15, -0.1) is 0 Å². The van der Waals surface area contributed by atoms with E-state index >= 15 is 0 Å². The van der Waals surface area contributed by atoms with Crippen LogP contribution in [0.5, 0.6) is 0 Å². The van der Waals surface area contributed by atoms with Gasteiger partial charge in [0.2, 0.25) is 0 Å². The topological polar surface area (TPSA) is 52.6 Å². The van der Waals surface area contributed by atoms with Crippen LogP contribution in [0.3, 0.4) is 0 Å². The van der Waals surface area contributed by atoms with Crippen LogP contribution >= 0.6 is 0 Å². The number of hydrogen-bond acceptors (Lipinski definition) is 4. The van der Waals surface area contributed by atoms with E-state index in [9.17, 15) is 9.59 Å². The standard InChI is InChI=1S/C24H22O4/c25-13-19-4-1-6-21(10-19)15-27-17-23-8-3-9-24(12-23)18-28-16-22-7-2-5-20(11-22)14-26/h1-14H,15-18H2. The van der Waals surface area contributed by atoms with Crippen LogP contribution in [0.15, 0.2) is 72.8 Å². The molecule has 0 spiro atoms. The number of hydrogen-bond donors (Lipinski definition) is 0. The van der Waals surface area contributed by atoms with E-state index in [1.54, 1.807) is 12.1 Å². The Labute approximate surface area is 164 Å². The Hall–Kier alpha value is -3.08. The van der Waals surface area contributed by atoms with E-state index in [-0.39, 0.29) is 0 Å². The normalized spacial score (nSPS) is 10.6. The Kier molecular flexibility index (Phi) is 7.24. The molecule has 28 heavy (non-hydrogen) atoms. The third-order valence-corrected chi connectivity index (χ3v) is 4.24. The average molecular weight is 374 g/mol. The predicted molar refractivity (Wildman–Crippen MR) is 107 cm³/mol. The lowest BCUT2D eigenvalue weighted by Gasteiger charge is -2.08. The molecular weight excluding hydrogens is 352 g/mol. The first-order chi connectivity index (χ1) is 13.8. The minimum absolute atomic E-state index is 0.454. The second-order valence-corrected chi connectivity index (χ2v) is 6.53. The maximum atomic E-state index is 10.8. The molecule has 4 nitrogen and oxygen atoms in total. The van der Waals surface area contributed by atoms with Gasteiger partial charge in [0.25, 0.3) is 0 Å². The maximum absolute atomic E-state index is 10.8. The van der Waals surface area contributed by atoms with Gasteiger partial charge in [-0.2, -0.15) is 0 Å². The second-order valence-electron chi connectivity index (χ2n) is 6.53. The Bertz CT molecular complexity index is 860. The van der Waals surface area contributed by atoms with E-state index in [1.807, 2.05) is 54.6 Å². The van der Waals surface area contributed by atoms with Crippen LogP contribution in [0.2, 0.25) is 0 Å². The molecular formula is C24H22O4. The molecule has 0 aliphatic rings. The summed E-state index contributed by atoms with van der Waals surface area (Å²) in [6, 6.07) is 22.9. The molecule has 0 saturated heterocycles. The number of carbonyl (C=O) groups is 2. The summed E-state index contributed by atoms with van der Waals surface area (Å²) in [7, 11) is 0. The van der Waals surface area contributed by atoms with Crippen molar-refractivity contribution in [1.29, 1.82) is 0 Å². The predicted octanol–water partition coefficient (Wildman–Crippen LogP) is 4.75. The number of rotatable bonds is 10. The van der Waals surface area contributed by atoms with Crippen LogP contribution < -0.4 is 0 Å². The molecule has 0 saturated carbocycles. The molecule has 0 fully saturated rings. The summed E-state index contributed by atoms with van der Waals surface area (Å²) in [5, 5.41) is 0. The Balaban J connectivity index is 1.47. The van der Waals surface area contributed by atoms with E-state index < -0.39 is 0 Å². The zero-order chi connectivity index (χ0) is 19.6. The molecule has 0 heterocycles. The van der Waals surface area contributed by atoms with Crippen LogP contribution in [0.4, 0.5) is 0 Å². The zero-order valence-corrected chi connectivity index (χ0v) is 15.5. The fourth-order valence-corrected chi connectivity index (χ4v) is 2.90. The van der Waals surface area contributed by atoms with E-state index in [4.69, 9.17) is 9.47 Å². The molecule has 0 atom stereocenters. The van der Waals surface area contributed by atoms with Crippen molar-refractivity contribution in [3.63, 3.8) is 0 Å². The summed E-state index contributed by atoms with van der Waals surface area (Å²) in [6.07, 6.45) is 1.67. The highest BCUT2D eigenvalue weighted by molar-refractivity contribution is 5.75. The highest BCUT2D eigenvalue weighted by Gasteiger charge is 2.01. The quantitative estimate of drug-likeness (QED) is 0.481. The van der Waals surface area contributed by atoms with Gasteiger partial charge in [-0.25, -0.2) is 0 Å². The largest absolute Gasteiger partial charge is 0.372 e. The smallest absolute Gasteiger partial charge is 0.150 e. The summed E-state index contributed by atoms with van der Waals surface area (Å²) in [4.78, 5) is 21.7. The van der Waals surface area contributed by atoms with Crippen molar-refractivity contribution >= 4 is 12.6 Å². The molecule has 0 amide bonds. The van der Waals surface area contributed by atoms with Gasteiger partial charge >= 0.3 is 0 Å². The maximum Gasteiger partial charge on any atom is 0.150 e. The minimum atomic E-state index is 0.454. The molecule has 142 valence electrons. The first-order valence-corrected chi connectivity index (χ1v) is 9.08. The molecule has 3 aromatic carbocycles. The van der Waals surface area contributed by atoms with Crippen molar-refractivity contribution in [2.75, 3.05) is 0 Å². The molecule has 0 radical (unpaired) electrons. The highest BCUT2D eigenvalue weighted by Crippen LogP contribution is 2.12. The van der Waals surface area contributed by atoms with Crippen molar-refractivity contribution in [2.24, 2.45) is 0 Å². The van der Waals surface area contributed by atoms with Crippen LogP contribution in [0, 0.1) is 0 Å². The Morgan fingerprint density at radius 3 is 1.29 bits per heavy atom. The summed E-state index contributed by atoms with van der Waals surface area (Å²) in [5.41, 5.74) is 5.38. The fraction of sp³-hybridized carbons (Fsp3) is 0.167. The molecule has 0 aliphatic heterocycles. The lowest BCUT2D eigenvalue weighted by atomic mass is 10.1. The molecule has 0 aromatic heterocycles. The third-order valence-electron chi connectivity index (χ3n) is 4.24. The summed E-state index contributed by atoms with van der Waals surface area (Å²) in [5.74, 6) is 0. The number of benzene rings is 3. The Morgan fingerprint density at radius 1 is 0.536 bits per heavy atom. The molecule has 0 unspecified atom stereocenters. The van der Waals surface area contributed by atoms with Crippen LogP contribution in [-0.2, 0) is 35.9 Å². The highest BCUT2D eigenvalue weighted by atomic mass is 16.5. The molecule has 4 heteroatoms. The first kappa shape index (κ1) is 19.7. The summed E-state index contributed by atoms with van der Waals surface area (Å²) < 4.78 is 11.5. The van der Waals surface area contributed by atoms with E-state index in [2.05, 4.69) is 6.07 Å². The summed E-state index contributed by atoms with van der Waals surface area (Å²) >= 11 is 0. The van der Waals surface area contributed by atoms with Gasteiger partial charge < -0.3 is 9.47 Å². The van der Waals surface area contributed by atoms with Crippen LogP contribution in [-0.4, -0.2) is 12.6 Å². The Morgan fingerprint density at radius 2 is 0.893 bits per heavy atom. The first-order valence-electron chi connectivity index (χ1n) is 9.08. The molecule has 0 bridgehead atoms. The van der Waals surface area contributed by atoms with Crippen LogP contribution in [0.25, 0.3) is 0 Å². The van der Waals surface area contributed by atoms with Crippen molar-refractivity contribution in [2.45, 2.75) is 26.4 Å². The number of carbonyl (C=O) groups excluding carboxylic acids is 2. The van der Waals surface area contributed by atoms with Crippen molar-refractivity contribution in [3.8, 4) is 0 Å². The van der Waals surface area contributed by atoms with Gasteiger partial charge in [-0.05, 0) is 34.4 Å². The van der Waals surface area contributed by atoms with Crippen molar-refractivity contribution < 1.29 is 19.1 Å².